The Bertz CT molecular complexity index is 1500. The summed E-state index contributed by atoms with van der Waals surface area (Å²) >= 11 is 0. The van der Waals surface area contributed by atoms with Crippen LogP contribution in [0, 0.1) is 0 Å². The monoisotopic (exact) mass is 688 g/mol. The smallest absolute Gasteiger partial charge is 0.331 e. The van der Waals surface area contributed by atoms with E-state index >= 15 is 0 Å². The van der Waals surface area contributed by atoms with Crippen LogP contribution in [0.4, 0.5) is 0 Å². The van der Waals surface area contributed by atoms with Crippen LogP contribution >= 0.6 is 0 Å². The molecular formula is C35H48N2O8S2. The predicted molar refractivity (Wildman–Crippen MR) is 181 cm³/mol. The van der Waals surface area contributed by atoms with Crippen molar-refractivity contribution in [2.75, 3.05) is 13.2 Å². The summed E-state index contributed by atoms with van der Waals surface area (Å²) in [6.07, 6.45) is 11.2. The lowest BCUT2D eigenvalue weighted by molar-refractivity contribution is -0.141. The van der Waals surface area contributed by atoms with E-state index in [-0.39, 0.29) is 13.2 Å². The van der Waals surface area contributed by atoms with Crippen LogP contribution in [-0.4, -0.2) is 64.6 Å². The number of rotatable bonds is 17. The molecule has 2 saturated carbocycles. The van der Waals surface area contributed by atoms with E-state index in [9.17, 15) is 26.4 Å². The zero-order chi connectivity index (χ0) is 33.5. The highest BCUT2D eigenvalue weighted by molar-refractivity contribution is 7.90. The second kappa shape index (κ2) is 18.5. The van der Waals surface area contributed by atoms with Gasteiger partial charge in [-0.3, -0.25) is 0 Å². The van der Waals surface area contributed by atoms with E-state index in [4.69, 9.17) is 9.47 Å². The van der Waals surface area contributed by atoms with Gasteiger partial charge in [0.1, 0.15) is 13.2 Å². The van der Waals surface area contributed by atoms with Gasteiger partial charge in [-0.15, -0.1) is 0 Å². The van der Waals surface area contributed by atoms with Crippen molar-refractivity contribution in [2.45, 2.75) is 106 Å². The average Bonchev–Trinajstić information content (AvgIpc) is 3.09. The van der Waals surface area contributed by atoms with Gasteiger partial charge in [-0.2, -0.15) is 0 Å². The minimum atomic E-state index is -3.62. The standard InChI is InChI=1S/C35H48N2O8S2/c38-34(44-26-30(22-21-28-13-5-1-6-14-28)36-46(40,41)32-17-9-3-10-18-32)23-24-35(39)45-27-31(25-29-15-7-2-8-16-29)37-47(42,43)33-19-11-4-12-20-33/h1-2,5-8,13-16,23-24,30-33,36-37H,3-4,9-12,17-22,25-27H2/b24-23+/t30-,31-/m0/s1. The minimum absolute atomic E-state index is 0.195. The molecule has 4 rings (SSSR count). The molecule has 0 spiro atoms. The van der Waals surface area contributed by atoms with E-state index in [1.807, 2.05) is 60.7 Å². The molecule has 258 valence electrons. The van der Waals surface area contributed by atoms with Gasteiger partial charge in [0.05, 0.1) is 22.6 Å². The molecule has 0 saturated heterocycles. The zero-order valence-corrected chi connectivity index (χ0v) is 28.6. The maximum absolute atomic E-state index is 13.1. The van der Waals surface area contributed by atoms with Crippen LogP contribution in [0.1, 0.15) is 81.8 Å². The molecule has 10 nitrogen and oxygen atoms in total. The SMILES string of the molecule is O=C(/C=C/C(=O)OC[C@H](CCc1ccccc1)NS(=O)(=O)C1CCCCC1)OC[C@H](Cc1ccccc1)NS(=O)(=O)C1CCCCC1. The van der Waals surface area contributed by atoms with E-state index in [2.05, 4.69) is 9.44 Å². The Balaban J connectivity index is 1.31. The van der Waals surface area contributed by atoms with Gasteiger partial charge in [-0.05, 0) is 56.1 Å². The molecule has 47 heavy (non-hydrogen) atoms. The third kappa shape index (κ3) is 12.8. The number of sulfonamides is 2. The molecule has 0 unspecified atom stereocenters. The number of ether oxygens (including phenoxy) is 2. The van der Waals surface area contributed by atoms with Gasteiger partial charge in [0.15, 0.2) is 0 Å². The molecule has 2 aromatic carbocycles. The van der Waals surface area contributed by atoms with Crippen LogP contribution in [0.3, 0.4) is 0 Å². The number of hydrogen-bond donors (Lipinski definition) is 2. The first-order chi connectivity index (χ1) is 22.6. The quantitative estimate of drug-likeness (QED) is 0.179. The van der Waals surface area contributed by atoms with Crippen LogP contribution in [0.5, 0.6) is 0 Å². The van der Waals surface area contributed by atoms with Gasteiger partial charge in [-0.1, -0.05) is 99.2 Å². The summed E-state index contributed by atoms with van der Waals surface area (Å²) < 4.78 is 68.7. The van der Waals surface area contributed by atoms with E-state index in [0.29, 0.717) is 44.9 Å². The molecule has 0 aliphatic heterocycles. The van der Waals surface area contributed by atoms with E-state index in [0.717, 1.165) is 61.8 Å². The van der Waals surface area contributed by atoms with Gasteiger partial charge >= 0.3 is 11.9 Å². The maximum atomic E-state index is 13.1. The predicted octanol–water partition coefficient (Wildman–Crippen LogP) is 4.75. The number of carbonyl (C=O) groups excluding carboxylic acids is 2. The van der Waals surface area contributed by atoms with Gasteiger partial charge in [0.25, 0.3) is 0 Å². The van der Waals surface area contributed by atoms with E-state index in [1.165, 1.54) is 0 Å². The Labute approximate surface area is 279 Å². The lowest BCUT2D eigenvalue weighted by Gasteiger charge is -2.25. The zero-order valence-electron chi connectivity index (χ0n) is 26.9. The average molecular weight is 689 g/mol. The van der Waals surface area contributed by atoms with Crippen molar-refractivity contribution in [1.82, 2.24) is 9.44 Å². The third-order valence-corrected chi connectivity index (χ3v) is 12.8. The molecule has 2 fully saturated rings. The lowest BCUT2D eigenvalue weighted by Crippen LogP contribution is -2.45. The number of aryl methyl sites for hydroxylation is 1. The minimum Gasteiger partial charge on any atom is -0.461 e. The lowest BCUT2D eigenvalue weighted by atomic mass is 10.0. The van der Waals surface area contributed by atoms with Gasteiger partial charge in [-0.25, -0.2) is 35.9 Å². The van der Waals surface area contributed by atoms with Gasteiger partial charge in [0.2, 0.25) is 20.0 Å². The number of esters is 2. The summed E-state index contributed by atoms with van der Waals surface area (Å²) in [5.74, 6) is -1.64. The van der Waals surface area contributed by atoms with Crippen molar-refractivity contribution in [3.05, 3.63) is 83.9 Å². The maximum Gasteiger partial charge on any atom is 0.331 e. The molecule has 2 aromatic rings. The molecule has 0 radical (unpaired) electrons. The largest absolute Gasteiger partial charge is 0.461 e. The van der Waals surface area contributed by atoms with Crippen molar-refractivity contribution in [1.29, 1.82) is 0 Å². The van der Waals surface area contributed by atoms with Crippen LogP contribution < -0.4 is 9.44 Å². The summed E-state index contributed by atoms with van der Waals surface area (Å²) in [6.45, 7) is -0.414. The number of carbonyl (C=O) groups is 2. The number of nitrogens with one attached hydrogen (secondary N) is 2. The topological polar surface area (TPSA) is 145 Å². The second-order valence-electron chi connectivity index (χ2n) is 12.5. The summed E-state index contributed by atoms with van der Waals surface area (Å²) in [5.41, 5.74) is 1.93. The van der Waals surface area contributed by atoms with Gasteiger partial charge in [0, 0.05) is 12.2 Å². The molecule has 12 heteroatoms. The highest BCUT2D eigenvalue weighted by atomic mass is 32.2. The Morgan fingerprint density at radius 2 is 1.06 bits per heavy atom. The Morgan fingerprint density at radius 1 is 0.638 bits per heavy atom. The third-order valence-electron chi connectivity index (χ3n) is 8.80. The van der Waals surface area contributed by atoms with Crippen LogP contribution in [0.25, 0.3) is 0 Å². The normalized spacial score (nSPS) is 18.0. The fourth-order valence-electron chi connectivity index (χ4n) is 6.20. The molecule has 0 aromatic heterocycles. The van der Waals surface area contributed by atoms with Crippen LogP contribution in [-0.2, 0) is 52.0 Å². The first-order valence-corrected chi connectivity index (χ1v) is 19.8. The summed E-state index contributed by atoms with van der Waals surface area (Å²) in [4.78, 5) is 25.1. The highest BCUT2D eigenvalue weighted by Crippen LogP contribution is 2.25. The molecule has 0 bridgehead atoms. The Kier molecular flexibility index (Phi) is 14.5. The first-order valence-electron chi connectivity index (χ1n) is 16.7. The molecule has 0 amide bonds. The van der Waals surface area contributed by atoms with Crippen molar-refractivity contribution in [2.24, 2.45) is 0 Å². The molecule has 2 atom stereocenters. The van der Waals surface area contributed by atoms with E-state index in [1.54, 1.807) is 0 Å². The Hall–Kier alpha value is -3.06. The number of benzene rings is 2. The fourth-order valence-corrected chi connectivity index (χ4v) is 9.76. The molecular weight excluding hydrogens is 641 g/mol. The van der Waals surface area contributed by atoms with Crippen molar-refractivity contribution in [3.63, 3.8) is 0 Å². The molecule has 0 heterocycles. The second-order valence-corrected chi connectivity index (χ2v) is 16.5. The highest BCUT2D eigenvalue weighted by Gasteiger charge is 2.31. The molecule has 2 aliphatic carbocycles. The summed E-state index contributed by atoms with van der Waals surface area (Å²) in [7, 11) is -7.22. The van der Waals surface area contributed by atoms with Gasteiger partial charge < -0.3 is 9.47 Å². The molecule has 2 aliphatic rings. The van der Waals surface area contributed by atoms with Crippen molar-refractivity contribution < 1.29 is 35.9 Å². The summed E-state index contributed by atoms with van der Waals surface area (Å²) in [6, 6.07) is 17.7. The van der Waals surface area contributed by atoms with Crippen molar-refractivity contribution >= 4 is 32.0 Å². The van der Waals surface area contributed by atoms with Crippen LogP contribution in [0.2, 0.25) is 0 Å². The van der Waals surface area contributed by atoms with Crippen LogP contribution in [0.15, 0.2) is 72.8 Å². The molecule has 2 N–H and O–H groups in total. The number of hydrogen-bond acceptors (Lipinski definition) is 8. The van der Waals surface area contributed by atoms with E-state index < -0.39 is 54.6 Å². The Morgan fingerprint density at radius 3 is 1.55 bits per heavy atom. The fraction of sp³-hybridized carbons (Fsp3) is 0.543. The first kappa shape index (κ1) is 36.8. The summed E-state index contributed by atoms with van der Waals surface area (Å²) in [5, 5.41) is -0.928. The van der Waals surface area contributed by atoms with Crippen molar-refractivity contribution in [3.8, 4) is 0 Å².